The number of rotatable bonds is 0. The quantitative estimate of drug-likeness (QED) is 0.693. The van der Waals surface area contributed by atoms with Crippen LogP contribution in [0.25, 0.3) is 5.70 Å². The lowest BCUT2D eigenvalue weighted by Crippen LogP contribution is -2.29. The molecule has 2 nitrogen and oxygen atoms in total. The molecule has 2 aliphatic rings. The van der Waals surface area contributed by atoms with Crippen LogP contribution in [0.2, 0.25) is 0 Å². The first kappa shape index (κ1) is 9.76. The van der Waals surface area contributed by atoms with Crippen molar-refractivity contribution in [1.82, 2.24) is 10.6 Å². The molecular formula is C14H18N2. The van der Waals surface area contributed by atoms with Gasteiger partial charge in [0.1, 0.15) is 0 Å². The van der Waals surface area contributed by atoms with Crippen LogP contribution in [0.15, 0.2) is 23.9 Å². The molecule has 3 rings (SSSR count). The maximum Gasteiger partial charge on any atom is 0.0933 e. The number of benzene rings is 1. The van der Waals surface area contributed by atoms with E-state index in [-0.39, 0.29) is 0 Å². The average Bonchev–Trinajstić information content (AvgIpc) is 2.52. The van der Waals surface area contributed by atoms with Gasteiger partial charge < -0.3 is 10.6 Å². The molecule has 0 saturated carbocycles. The molecule has 1 unspecified atom stereocenters. The maximum absolute atomic E-state index is 3.54. The zero-order valence-electron chi connectivity index (χ0n) is 9.93. The van der Waals surface area contributed by atoms with Crippen molar-refractivity contribution in [2.75, 3.05) is 0 Å². The van der Waals surface area contributed by atoms with Crippen LogP contribution in [0.1, 0.15) is 36.5 Å². The molecule has 1 aliphatic heterocycles. The summed E-state index contributed by atoms with van der Waals surface area (Å²) in [7, 11) is 0. The van der Waals surface area contributed by atoms with Crippen molar-refractivity contribution in [2.45, 2.75) is 39.3 Å². The Morgan fingerprint density at radius 1 is 1.19 bits per heavy atom. The second kappa shape index (κ2) is 3.55. The van der Waals surface area contributed by atoms with E-state index in [0.717, 1.165) is 0 Å². The molecule has 0 aromatic heterocycles. The Labute approximate surface area is 96.7 Å². The van der Waals surface area contributed by atoms with Crippen LogP contribution in [-0.4, -0.2) is 6.17 Å². The Hall–Kier alpha value is -1.44. The van der Waals surface area contributed by atoms with E-state index < -0.39 is 0 Å². The number of allylic oxidation sites excluding steroid dienone is 1. The highest BCUT2D eigenvalue weighted by atomic mass is 15.2. The lowest BCUT2D eigenvalue weighted by molar-refractivity contribution is 0.597. The summed E-state index contributed by atoms with van der Waals surface area (Å²) >= 11 is 0. The Morgan fingerprint density at radius 2 is 2.06 bits per heavy atom. The van der Waals surface area contributed by atoms with Crippen LogP contribution in [0.3, 0.4) is 0 Å². The van der Waals surface area contributed by atoms with Crippen LogP contribution >= 0.6 is 0 Å². The molecule has 2 N–H and O–H groups in total. The van der Waals surface area contributed by atoms with Gasteiger partial charge in [0.05, 0.1) is 11.9 Å². The van der Waals surface area contributed by atoms with Gasteiger partial charge in [-0.15, -0.1) is 0 Å². The van der Waals surface area contributed by atoms with Crippen molar-refractivity contribution in [3.8, 4) is 0 Å². The summed E-state index contributed by atoms with van der Waals surface area (Å²) in [5.74, 6) is 0. The normalized spacial score (nSPS) is 23.0. The minimum atomic E-state index is 0.372. The Morgan fingerprint density at radius 3 is 2.94 bits per heavy atom. The second-order valence-electron chi connectivity index (χ2n) is 4.88. The Bertz CT molecular complexity index is 460. The SMILES string of the molecule is Cc1ccc2c(c1)CCCC1=C2NC(C)N1. The van der Waals surface area contributed by atoms with Crippen LogP contribution < -0.4 is 10.6 Å². The van der Waals surface area contributed by atoms with Crippen molar-refractivity contribution in [1.29, 1.82) is 0 Å². The molecule has 1 aromatic rings. The van der Waals surface area contributed by atoms with Crippen molar-refractivity contribution in [2.24, 2.45) is 0 Å². The fourth-order valence-electron chi connectivity index (χ4n) is 2.74. The monoisotopic (exact) mass is 214 g/mol. The van der Waals surface area contributed by atoms with E-state index in [1.165, 1.54) is 47.3 Å². The highest BCUT2D eigenvalue weighted by molar-refractivity contribution is 5.72. The highest BCUT2D eigenvalue weighted by Crippen LogP contribution is 2.30. The van der Waals surface area contributed by atoms with Crippen molar-refractivity contribution in [3.05, 3.63) is 40.6 Å². The summed E-state index contributed by atoms with van der Waals surface area (Å²) in [6.07, 6.45) is 3.98. The van der Waals surface area contributed by atoms with E-state index in [1.54, 1.807) is 0 Å². The van der Waals surface area contributed by atoms with Gasteiger partial charge in [-0.2, -0.15) is 0 Å². The number of aryl methyl sites for hydroxylation is 2. The van der Waals surface area contributed by atoms with E-state index in [9.17, 15) is 0 Å². The van der Waals surface area contributed by atoms with Crippen LogP contribution in [0.5, 0.6) is 0 Å². The van der Waals surface area contributed by atoms with Gasteiger partial charge in [0, 0.05) is 11.3 Å². The molecule has 0 fully saturated rings. The van der Waals surface area contributed by atoms with Gasteiger partial charge in [0.2, 0.25) is 0 Å². The first-order chi connectivity index (χ1) is 7.74. The summed E-state index contributed by atoms with van der Waals surface area (Å²) in [5.41, 5.74) is 6.99. The fourth-order valence-corrected chi connectivity index (χ4v) is 2.74. The van der Waals surface area contributed by atoms with Gasteiger partial charge in [0.15, 0.2) is 0 Å². The smallest absolute Gasteiger partial charge is 0.0933 e. The van der Waals surface area contributed by atoms with Gasteiger partial charge in [-0.05, 0) is 38.7 Å². The Balaban J connectivity index is 2.11. The average molecular weight is 214 g/mol. The van der Waals surface area contributed by atoms with E-state index in [1.807, 2.05) is 0 Å². The largest absolute Gasteiger partial charge is 0.367 e. The summed E-state index contributed by atoms with van der Waals surface area (Å²) < 4.78 is 0. The molecule has 2 heteroatoms. The van der Waals surface area contributed by atoms with Gasteiger partial charge in [0.25, 0.3) is 0 Å². The lowest BCUT2D eigenvalue weighted by atomic mass is 10.0. The molecule has 0 radical (unpaired) electrons. The van der Waals surface area contributed by atoms with Crippen molar-refractivity contribution in [3.63, 3.8) is 0 Å². The van der Waals surface area contributed by atoms with Gasteiger partial charge >= 0.3 is 0 Å². The number of nitrogens with one attached hydrogen (secondary N) is 2. The summed E-state index contributed by atoms with van der Waals surface area (Å²) in [6.45, 7) is 4.34. The molecule has 1 aromatic carbocycles. The van der Waals surface area contributed by atoms with E-state index >= 15 is 0 Å². The highest BCUT2D eigenvalue weighted by Gasteiger charge is 2.23. The van der Waals surface area contributed by atoms with Crippen molar-refractivity contribution < 1.29 is 0 Å². The van der Waals surface area contributed by atoms with Crippen LogP contribution in [-0.2, 0) is 6.42 Å². The number of hydrogen-bond acceptors (Lipinski definition) is 2. The minimum absolute atomic E-state index is 0.372. The van der Waals surface area contributed by atoms with Gasteiger partial charge in [-0.25, -0.2) is 0 Å². The molecular weight excluding hydrogens is 196 g/mol. The molecule has 0 spiro atoms. The minimum Gasteiger partial charge on any atom is -0.367 e. The maximum atomic E-state index is 3.54. The van der Waals surface area contributed by atoms with E-state index in [4.69, 9.17) is 0 Å². The lowest BCUT2D eigenvalue weighted by Gasteiger charge is -2.12. The third-order valence-electron chi connectivity index (χ3n) is 3.46. The molecule has 1 aliphatic carbocycles. The first-order valence-corrected chi connectivity index (χ1v) is 6.10. The first-order valence-electron chi connectivity index (χ1n) is 6.10. The molecule has 0 bridgehead atoms. The zero-order valence-corrected chi connectivity index (χ0v) is 9.93. The molecule has 0 saturated heterocycles. The fraction of sp³-hybridized carbons (Fsp3) is 0.429. The van der Waals surface area contributed by atoms with Crippen LogP contribution in [0, 0.1) is 6.92 Å². The zero-order chi connectivity index (χ0) is 11.1. The number of hydrogen-bond donors (Lipinski definition) is 2. The predicted molar refractivity (Wildman–Crippen MR) is 66.8 cm³/mol. The summed E-state index contributed by atoms with van der Waals surface area (Å²) in [6, 6.07) is 6.80. The second-order valence-corrected chi connectivity index (χ2v) is 4.88. The topological polar surface area (TPSA) is 24.1 Å². The van der Waals surface area contributed by atoms with Crippen LogP contribution in [0.4, 0.5) is 0 Å². The van der Waals surface area contributed by atoms with Gasteiger partial charge in [-0.3, -0.25) is 0 Å². The third kappa shape index (κ3) is 1.49. The van der Waals surface area contributed by atoms with E-state index in [2.05, 4.69) is 42.7 Å². The standard InChI is InChI=1S/C14H18N2/c1-9-6-7-12-11(8-9)4-3-5-13-14(12)16-10(2)15-13/h6-8,10,15-16H,3-5H2,1-2H3. The van der Waals surface area contributed by atoms with Crippen molar-refractivity contribution >= 4 is 5.70 Å². The molecule has 1 atom stereocenters. The molecule has 84 valence electrons. The van der Waals surface area contributed by atoms with E-state index in [0.29, 0.717) is 6.17 Å². The molecule has 1 heterocycles. The molecule has 0 amide bonds. The third-order valence-corrected chi connectivity index (χ3v) is 3.46. The molecule has 16 heavy (non-hydrogen) atoms. The Kier molecular flexibility index (Phi) is 2.16. The summed E-state index contributed by atoms with van der Waals surface area (Å²) in [5, 5.41) is 7.06. The van der Waals surface area contributed by atoms with Gasteiger partial charge in [-0.1, -0.05) is 23.8 Å². The number of fused-ring (bicyclic) bond motifs is 2. The predicted octanol–water partition coefficient (Wildman–Crippen LogP) is 2.54. The summed E-state index contributed by atoms with van der Waals surface area (Å²) in [4.78, 5) is 0.